The molecule has 3 heterocycles. The second-order valence-corrected chi connectivity index (χ2v) is 8.07. The Hall–Kier alpha value is -2.33. The number of urea groups is 1. The van der Waals surface area contributed by atoms with Gasteiger partial charge in [0.15, 0.2) is 0 Å². The number of nitrogens with one attached hydrogen (secondary N) is 1. The van der Waals surface area contributed by atoms with Crippen molar-refractivity contribution in [3.05, 3.63) is 50.1 Å². The van der Waals surface area contributed by atoms with Crippen molar-refractivity contribution in [2.24, 2.45) is 0 Å². The Balaban J connectivity index is 1.69. The van der Waals surface area contributed by atoms with Crippen molar-refractivity contribution in [3.8, 4) is 0 Å². The first-order valence-electron chi connectivity index (χ1n) is 8.84. The molecule has 4 amide bonds. The number of ether oxygens (including phenoxy) is 1. The molecular formula is C19H14BrCl2N3O5. The van der Waals surface area contributed by atoms with Crippen LogP contribution in [-0.4, -0.2) is 44.1 Å². The zero-order valence-electron chi connectivity index (χ0n) is 15.3. The molecule has 2 aromatic rings. The van der Waals surface area contributed by atoms with Gasteiger partial charge in [0.05, 0.1) is 33.4 Å². The predicted octanol–water partition coefficient (Wildman–Crippen LogP) is 3.85. The fourth-order valence-corrected chi connectivity index (χ4v) is 4.05. The highest BCUT2D eigenvalue weighted by Gasteiger charge is 2.38. The van der Waals surface area contributed by atoms with E-state index in [0.717, 1.165) is 4.90 Å². The van der Waals surface area contributed by atoms with E-state index in [4.69, 9.17) is 32.4 Å². The van der Waals surface area contributed by atoms with E-state index >= 15 is 0 Å². The molecule has 0 atom stereocenters. The molecule has 30 heavy (non-hydrogen) atoms. The highest BCUT2D eigenvalue weighted by atomic mass is 79.9. The minimum Gasteiger partial charge on any atom is -0.440 e. The molecule has 2 aliphatic heterocycles. The summed E-state index contributed by atoms with van der Waals surface area (Å²) >= 11 is 15.6. The molecule has 2 fully saturated rings. The summed E-state index contributed by atoms with van der Waals surface area (Å²) in [4.78, 5) is 40.4. The van der Waals surface area contributed by atoms with E-state index in [1.165, 1.54) is 18.2 Å². The number of rotatable bonds is 3. The van der Waals surface area contributed by atoms with E-state index in [0.29, 0.717) is 36.7 Å². The molecule has 1 aromatic heterocycles. The Kier molecular flexibility index (Phi) is 5.88. The third kappa shape index (κ3) is 3.85. The number of furan rings is 1. The minimum atomic E-state index is -0.916. The minimum absolute atomic E-state index is 0.0201. The molecule has 156 valence electrons. The van der Waals surface area contributed by atoms with Crippen LogP contribution in [0.5, 0.6) is 0 Å². The van der Waals surface area contributed by atoms with Gasteiger partial charge >= 0.3 is 6.03 Å². The first-order valence-corrected chi connectivity index (χ1v) is 10.4. The maximum absolute atomic E-state index is 13.0. The van der Waals surface area contributed by atoms with E-state index in [1.54, 1.807) is 12.1 Å². The number of halogens is 3. The molecule has 4 rings (SSSR count). The van der Waals surface area contributed by atoms with Gasteiger partial charge in [0.1, 0.15) is 11.3 Å². The third-order valence-corrected chi connectivity index (χ3v) is 5.92. The van der Waals surface area contributed by atoms with E-state index in [9.17, 15) is 14.4 Å². The monoisotopic (exact) mass is 513 g/mol. The lowest BCUT2D eigenvalue weighted by Crippen LogP contribution is -2.54. The van der Waals surface area contributed by atoms with Crippen LogP contribution in [0.4, 0.5) is 16.4 Å². The maximum atomic E-state index is 13.0. The number of imide groups is 2. The average Bonchev–Trinajstić information content (AvgIpc) is 3.09. The number of hydrogen-bond donors (Lipinski definition) is 1. The maximum Gasteiger partial charge on any atom is 0.336 e. The number of morpholine rings is 1. The van der Waals surface area contributed by atoms with Crippen molar-refractivity contribution >= 4 is 74.6 Å². The second kappa shape index (κ2) is 8.43. The van der Waals surface area contributed by atoms with Gasteiger partial charge < -0.3 is 14.1 Å². The highest BCUT2D eigenvalue weighted by Crippen LogP contribution is 2.35. The Morgan fingerprint density at radius 3 is 2.60 bits per heavy atom. The van der Waals surface area contributed by atoms with Gasteiger partial charge in [-0.15, -0.1) is 0 Å². The van der Waals surface area contributed by atoms with Gasteiger partial charge in [0.2, 0.25) is 5.88 Å². The summed E-state index contributed by atoms with van der Waals surface area (Å²) in [5, 5.41) is 2.33. The van der Waals surface area contributed by atoms with E-state index in [1.807, 2.05) is 4.90 Å². The molecule has 8 nitrogen and oxygen atoms in total. The highest BCUT2D eigenvalue weighted by molar-refractivity contribution is 9.10. The molecule has 0 unspecified atom stereocenters. The summed E-state index contributed by atoms with van der Waals surface area (Å²) < 4.78 is 11.8. The number of nitrogens with zero attached hydrogens (tertiary/aromatic N) is 2. The van der Waals surface area contributed by atoms with Crippen molar-refractivity contribution in [2.45, 2.75) is 0 Å². The molecule has 11 heteroatoms. The smallest absolute Gasteiger partial charge is 0.336 e. The van der Waals surface area contributed by atoms with Crippen molar-refractivity contribution in [1.29, 1.82) is 0 Å². The van der Waals surface area contributed by atoms with Crippen molar-refractivity contribution < 1.29 is 23.5 Å². The van der Waals surface area contributed by atoms with Crippen LogP contribution in [0.15, 0.2) is 38.7 Å². The quantitative estimate of drug-likeness (QED) is 0.494. The van der Waals surface area contributed by atoms with Crippen LogP contribution >= 0.6 is 39.1 Å². The fourth-order valence-electron chi connectivity index (χ4n) is 3.11. The number of benzene rings is 1. The van der Waals surface area contributed by atoms with E-state index in [-0.39, 0.29) is 27.1 Å². The normalized spacial score (nSPS) is 18.9. The lowest BCUT2D eigenvalue weighted by molar-refractivity contribution is -0.122. The van der Waals surface area contributed by atoms with Crippen LogP contribution in [0.25, 0.3) is 6.08 Å². The first-order chi connectivity index (χ1) is 14.4. The van der Waals surface area contributed by atoms with Crippen molar-refractivity contribution in [2.75, 3.05) is 36.1 Å². The molecule has 2 saturated heterocycles. The van der Waals surface area contributed by atoms with Crippen LogP contribution in [0.1, 0.15) is 5.76 Å². The Morgan fingerprint density at radius 2 is 1.87 bits per heavy atom. The summed E-state index contributed by atoms with van der Waals surface area (Å²) in [5.74, 6) is -0.832. The lowest BCUT2D eigenvalue weighted by atomic mass is 10.1. The fraction of sp³-hybridized carbons (Fsp3) is 0.211. The number of anilines is 2. The third-order valence-electron chi connectivity index (χ3n) is 4.55. The molecule has 0 spiro atoms. The SMILES string of the molecule is O=C1NC(=O)N(c2cccc(Cl)c2Cl)C(=O)/C1=C/c1cc(Br)c(N2CCOCC2)o1. The van der Waals surface area contributed by atoms with Gasteiger partial charge in [-0.3, -0.25) is 14.9 Å². The van der Waals surface area contributed by atoms with Crippen molar-refractivity contribution in [3.63, 3.8) is 0 Å². The van der Waals surface area contributed by atoms with Crippen LogP contribution < -0.4 is 15.1 Å². The topological polar surface area (TPSA) is 92.1 Å². The second-order valence-electron chi connectivity index (χ2n) is 6.43. The predicted molar refractivity (Wildman–Crippen MR) is 115 cm³/mol. The first kappa shape index (κ1) is 20.9. The summed E-state index contributed by atoms with van der Waals surface area (Å²) in [6.45, 7) is 2.44. The van der Waals surface area contributed by atoms with Crippen LogP contribution in [0, 0.1) is 0 Å². The van der Waals surface area contributed by atoms with Gasteiger partial charge in [0.25, 0.3) is 11.8 Å². The summed E-state index contributed by atoms with van der Waals surface area (Å²) in [5.41, 5.74) is -0.208. The summed E-state index contributed by atoms with van der Waals surface area (Å²) in [6, 6.07) is 5.25. The van der Waals surface area contributed by atoms with E-state index < -0.39 is 17.8 Å². The van der Waals surface area contributed by atoms with Crippen LogP contribution in [-0.2, 0) is 14.3 Å². The standard InChI is InChI=1S/C19H14BrCl2N3O5/c20-12-9-10(30-18(12)24-4-6-29-7-5-24)8-11-16(26)23-19(28)25(17(11)27)14-3-1-2-13(21)15(14)22/h1-3,8-9H,4-7H2,(H,23,26,28)/b11-8+. The Bertz CT molecular complexity index is 1080. The zero-order valence-corrected chi connectivity index (χ0v) is 18.4. The molecular weight excluding hydrogens is 501 g/mol. The average molecular weight is 515 g/mol. The Labute approximate surface area is 189 Å². The molecule has 2 aliphatic rings. The van der Waals surface area contributed by atoms with Crippen molar-refractivity contribution in [1.82, 2.24) is 5.32 Å². The van der Waals surface area contributed by atoms with Gasteiger partial charge in [0, 0.05) is 19.2 Å². The van der Waals surface area contributed by atoms with Gasteiger partial charge in [-0.25, -0.2) is 9.69 Å². The number of carbonyl (C=O) groups excluding carboxylic acids is 3. The van der Waals surface area contributed by atoms with Gasteiger partial charge in [-0.05, 0) is 34.1 Å². The van der Waals surface area contributed by atoms with Gasteiger partial charge in [-0.2, -0.15) is 0 Å². The largest absolute Gasteiger partial charge is 0.440 e. The molecule has 0 saturated carbocycles. The van der Waals surface area contributed by atoms with Crippen LogP contribution in [0.3, 0.4) is 0 Å². The van der Waals surface area contributed by atoms with Crippen LogP contribution in [0.2, 0.25) is 10.0 Å². The number of hydrogen-bond acceptors (Lipinski definition) is 6. The molecule has 0 aliphatic carbocycles. The molecule has 1 aromatic carbocycles. The molecule has 0 radical (unpaired) electrons. The molecule has 1 N–H and O–H groups in total. The number of carbonyl (C=O) groups is 3. The summed E-state index contributed by atoms with van der Waals surface area (Å²) in [7, 11) is 0. The van der Waals surface area contributed by atoms with Gasteiger partial charge in [-0.1, -0.05) is 29.3 Å². The lowest BCUT2D eigenvalue weighted by Gasteiger charge is -2.27. The number of barbiturate groups is 1. The molecule has 0 bridgehead atoms. The summed E-state index contributed by atoms with van der Waals surface area (Å²) in [6.07, 6.45) is 1.28. The Morgan fingerprint density at radius 1 is 1.13 bits per heavy atom. The van der Waals surface area contributed by atoms with E-state index in [2.05, 4.69) is 21.2 Å². The number of amides is 4. The zero-order chi connectivity index (χ0) is 21.4.